The average molecular weight is 396 g/mol. The summed E-state index contributed by atoms with van der Waals surface area (Å²) in [4.78, 5) is 3.11. The third-order valence-electron chi connectivity index (χ3n) is 3.66. The van der Waals surface area contributed by atoms with Crippen molar-refractivity contribution in [3.63, 3.8) is 0 Å². The maximum atomic E-state index is 12.8. The molecule has 0 aliphatic heterocycles. The highest BCUT2D eigenvalue weighted by Crippen LogP contribution is 2.34. The highest BCUT2D eigenvalue weighted by Gasteiger charge is 2.36. The minimum atomic E-state index is -4.69. The molecule has 0 radical (unpaired) electrons. The van der Waals surface area contributed by atoms with E-state index in [1.54, 1.807) is 6.07 Å². The maximum absolute atomic E-state index is 12.8. The van der Waals surface area contributed by atoms with Crippen LogP contribution in [0.25, 0.3) is 5.69 Å². The summed E-state index contributed by atoms with van der Waals surface area (Å²) in [7, 11) is 1.44. The minimum absolute atomic E-state index is 0.0851. The highest BCUT2D eigenvalue weighted by molar-refractivity contribution is 8.13. The molecule has 1 aromatic carbocycles. The van der Waals surface area contributed by atoms with Crippen LogP contribution in [0.3, 0.4) is 0 Å². The zero-order valence-corrected chi connectivity index (χ0v) is 15.5. The van der Waals surface area contributed by atoms with Gasteiger partial charge in [-0.15, -0.1) is 5.10 Å². The molecule has 0 aliphatic rings. The van der Waals surface area contributed by atoms with Crippen molar-refractivity contribution in [2.45, 2.75) is 50.6 Å². The number of aromatic nitrogens is 3. The van der Waals surface area contributed by atoms with Crippen LogP contribution in [0.5, 0.6) is 0 Å². The Morgan fingerprint density at radius 2 is 1.64 bits per heavy atom. The van der Waals surface area contributed by atoms with Crippen molar-refractivity contribution in [1.82, 2.24) is 14.8 Å². The molecule has 0 spiro atoms. The van der Waals surface area contributed by atoms with Gasteiger partial charge in [0.1, 0.15) is 6.33 Å². The van der Waals surface area contributed by atoms with Gasteiger partial charge in [-0.3, -0.25) is 0 Å². The third-order valence-corrected chi connectivity index (χ3v) is 5.04. The fourth-order valence-electron chi connectivity index (χ4n) is 2.44. The van der Waals surface area contributed by atoms with Gasteiger partial charge in [-0.05, 0) is 29.0 Å². The van der Waals surface area contributed by atoms with Gasteiger partial charge in [0.25, 0.3) is 14.9 Å². The minimum Gasteiger partial charge on any atom is -0.220 e. The van der Waals surface area contributed by atoms with E-state index in [-0.39, 0.29) is 22.4 Å². The fourth-order valence-corrected chi connectivity index (χ4v) is 3.67. The van der Waals surface area contributed by atoms with E-state index in [9.17, 15) is 21.6 Å². The molecule has 0 fully saturated rings. The Morgan fingerprint density at radius 1 is 1.08 bits per heavy atom. The number of hydrogen-bond acceptors (Lipinski definition) is 4. The number of benzene rings is 1. The summed E-state index contributed by atoms with van der Waals surface area (Å²) in [6.45, 7) is 7.31. The lowest BCUT2D eigenvalue weighted by Crippen LogP contribution is -2.11. The highest BCUT2D eigenvalue weighted by atomic mass is 35.7. The van der Waals surface area contributed by atoms with Gasteiger partial charge in [-0.2, -0.15) is 13.2 Å². The summed E-state index contributed by atoms with van der Waals surface area (Å²) in [6.07, 6.45) is -3.79. The van der Waals surface area contributed by atoms with E-state index in [2.05, 4.69) is 10.1 Å². The molecule has 5 nitrogen and oxygen atoms in total. The van der Waals surface area contributed by atoms with Crippen LogP contribution in [0.2, 0.25) is 0 Å². The molecule has 0 bridgehead atoms. The van der Waals surface area contributed by atoms with E-state index in [0.29, 0.717) is 11.1 Å². The fraction of sp³-hybridized carbons (Fsp3) is 0.467. The van der Waals surface area contributed by atoms with Crippen molar-refractivity contribution in [3.05, 3.63) is 35.4 Å². The van der Waals surface area contributed by atoms with Crippen molar-refractivity contribution in [2.24, 2.45) is 0 Å². The van der Waals surface area contributed by atoms with Crippen molar-refractivity contribution >= 4 is 19.7 Å². The van der Waals surface area contributed by atoms with E-state index in [4.69, 9.17) is 10.7 Å². The lowest BCUT2D eigenvalue weighted by Gasteiger charge is -2.19. The normalized spacial score (nSPS) is 13.0. The van der Waals surface area contributed by atoms with Crippen LogP contribution < -0.4 is 0 Å². The van der Waals surface area contributed by atoms with Gasteiger partial charge in [0.05, 0.1) is 10.6 Å². The largest absolute Gasteiger partial charge is 0.453 e. The van der Waals surface area contributed by atoms with E-state index < -0.39 is 21.1 Å². The van der Waals surface area contributed by atoms with E-state index in [1.807, 2.05) is 27.7 Å². The van der Waals surface area contributed by atoms with Crippen LogP contribution in [0.4, 0.5) is 13.2 Å². The third kappa shape index (κ3) is 4.14. The quantitative estimate of drug-likeness (QED) is 0.717. The molecule has 1 heterocycles. The van der Waals surface area contributed by atoms with E-state index in [1.165, 1.54) is 6.07 Å². The molecular formula is C15H17ClF3N3O2S. The summed E-state index contributed by atoms with van der Waals surface area (Å²) in [5.41, 5.74) is 1.34. The van der Waals surface area contributed by atoms with Gasteiger partial charge >= 0.3 is 6.18 Å². The molecule has 1 aromatic heterocycles. The molecule has 0 aliphatic carbocycles. The predicted molar refractivity (Wildman–Crippen MR) is 87.6 cm³/mol. The van der Waals surface area contributed by atoms with Crippen molar-refractivity contribution in [1.29, 1.82) is 0 Å². The van der Waals surface area contributed by atoms with Crippen LogP contribution in [0, 0.1) is 0 Å². The Hall–Kier alpha value is -1.61. The molecule has 0 unspecified atom stereocenters. The SMILES string of the molecule is CC(C)c1cc(C(C)C)c(S(=O)(=O)Cl)cc1-n1cnc(C(F)(F)F)n1. The smallest absolute Gasteiger partial charge is 0.220 e. The first-order valence-electron chi connectivity index (χ1n) is 7.44. The van der Waals surface area contributed by atoms with E-state index >= 15 is 0 Å². The molecule has 10 heteroatoms. The number of hydrogen-bond donors (Lipinski definition) is 0. The Balaban J connectivity index is 2.78. The van der Waals surface area contributed by atoms with Gasteiger partial charge in [0, 0.05) is 10.7 Å². The van der Waals surface area contributed by atoms with Crippen LogP contribution in [0.15, 0.2) is 23.4 Å². The Morgan fingerprint density at radius 3 is 2.04 bits per heavy atom. The first-order valence-corrected chi connectivity index (χ1v) is 9.75. The molecule has 25 heavy (non-hydrogen) atoms. The van der Waals surface area contributed by atoms with Gasteiger partial charge < -0.3 is 0 Å². The standard InChI is InChI=1S/C15H17ClF3N3O2S/c1-8(2)10-5-11(9(3)4)13(25(16,23)24)6-12(10)22-7-20-14(21-22)15(17,18)19/h5-9H,1-4H3. The van der Waals surface area contributed by atoms with Gasteiger partial charge in [-0.25, -0.2) is 18.1 Å². The summed E-state index contributed by atoms with van der Waals surface area (Å²) in [5, 5.41) is 3.44. The average Bonchev–Trinajstić information content (AvgIpc) is 2.94. The maximum Gasteiger partial charge on any atom is 0.453 e. The Labute approximate surface area is 148 Å². The lowest BCUT2D eigenvalue weighted by molar-refractivity contribution is -0.144. The lowest BCUT2D eigenvalue weighted by atomic mass is 9.94. The van der Waals surface area contributed by atoms with Gasteiger partial charge in [0.15, 0.2) is 0 Å². The molecule has 0 saturated carbocycles. The topological polar surface area (TPSA) is 64.8 Å². The van der Waals surface area contributed by atoms with Crippen molar-refractivity contribution in [3.8, 4) is 5.69 Å². The second kappa shape index (κ2) is 6.60. The second-order valence-electron chi connectivity index (χ2n) is 6.21. The molecule has 138 valence electrons. The Bertz CT molecular complexity index is 890. The molecule has 0 saturated heterocycles. The number of rotatable bonds is 4. The van der Waals surface area contributed by atoms with Crippen LogP contribution >= 0.6 is 10.7 Å². The van der Waals surface area contributed by atoms with Gasteiger partial charge in [-0.1, -0.05) is 33.8 Å². The molecule has 2 rings (SSSR count). The summed E-state index contributed by atoms with van der Waals surface area (Å²) in [6, 6.07) is 2.90. The monoisotopic (exact) mass is 395 g/mol. The number of alkyl halides is 3. The zero-order chi connectivity index (χ0) is 19.2. The number of nitrogens with zero attached hydrogens (tertiary/aromatic N) is 3. The van der Waals surface area contributed by atoms with Crippen LogP contribution in [-0.2, 0) is 15.2 Å². The molecule has 2 aromatic rings. The Kier molecular flexibility index (Phi) is 5.21. The summed E-state index contributed by atoms with van der Waals surface area (Å²) >= 11 is 0. The molecular weight excluding hydrogens is 379 g/mol. The predicted octanol–water partition coefficient (Wildman–Crippen LogP) is 4.46. The zero-order valence-electron chi connectivity index (χ0n) is 14.0. The summed E-state index contributed by atoms with van der Waals surface area (Å²) in [5.74, 6) is -1.53. The van der Waals surface area contributed by atoms with Crippen LogP contribution in [0.1, 0.15) is 56.5 Å². The number of halogens is 4. The van der Waals surface area contributed by atoms with E-state index in [0.717, 1.165) is 11.0 Å². The van der Waals surface area contributed by atoms with Gasteiger partial charge in [0.2, 0.25) is 0 Å². The molecule has 0 amide bonds. The molecule has 0 N–H and O–H groups in total. The van der Waals surface area contributed by atoms with Crippen LogP contribution in [-0.4, -0.2) is 23.2 Å². The first kappa shape index (κ1) is 19.7. The van der Waals surface area contributed by atoms with Crippen molar-refractivity contribution in [2.75, 3.05) is 0 Å². The second-order valence-corrected chi connectivity index (χ2v) is 8.74. The van der Waals surface area contributed by atoms with Crippen molar-refractivity contribution < 1.29 is 21.6 Å². The first-order chi connectivity index (χ1) is 11.3. The molecule has 0 atom stereocenters. The summed E-state index contributed by atoms with van der Waals surface area (Å²) < 4.78 is 63.1.